The molecular formula is C17H13N3O2S. The fourth-order valence-electron chi connectivity index (χ4n) is 2.23. The second kappa shape index (κ2) is 6.55. The molecule has 0 atom stereocenters. The molecule has 0 bridgehead atoms. The van der Waals surface area contributed by atoms with Crippen LogP contribution in [0.25, 0.3) is 22.6 Å². The van der Waals surface area contributed by atoms with Crippen molar-refractivity contribution >= 4 is 34.5 Å². The van der Waals surface area contributed by atoms with Crippen LogP contribution in [0.1, 0.15) is 5.56 Å². The smallest absolute Gasteiger partial charge is 0.235 e. The Morgan fingerprint density at radius 2 is 2.17 bits per heavy atom. The number of aryl methyl sites for hydroxylation is 1. The predicted octanol–water partition coefficient (Wildman–Crippen LogP) is 3.96. The summed E-state index contributed by atoms with van der Waals surface area (Å²) in [6, 6.07) is 13.2. The molecule has 0 aliphatic heterocycles. The number of rotatable bonds is 4. The van der Waals surface area contributed by atoms with Gasteiger partial charge in [-0.05, 0) is 48.5 Å². The Bertz CT molecular complexity index is 912. The Labute approximate surface area is 137 Å². The number of aromatic nitrogens is 1. The molecule has 1 aromatic heterocycles. The molecular weight excluding hydrogens is 310 g/mol. The average Bonchev–Trinajstić information content (AvgIpc) is 2.96. The van der Waals surface area contributed by atoms with Crippen LogP contribution in [0, 0.1) is 17.6 Å². The zero-order chi connectivity index (χ0) is 16.2. The average molecular weight is 323 g/mol. The summed E-state index contributed by atoms with van der Waals surface area (Å²) >= 11 is 0.901. The van der Waals surface area contributed by atoms with Gasteiger partial charge in [-0.2, -0.15) is 5.26 Å². The molecule has 2 aromatic carbocycles. The van der Waals surface area contributed by atoms with Gasteiger partial charge in [-0.3, -0.25) is 4.79 Å². The lowest BCUT2D eigenvalue weighted by atomic mass is 10.1. The van der Waals surface area contributed by atoms with Crippen LogP contribution in [-0.2, 0) is 4.79 Å². The van der Waals surface area contributed by atoms with E-state index in [1.54, 1.807) is 18.2 Å². The Kier molecular flexibility index (Phi) is 4.31. The van der Waals surface area contributed by atoms with Gasteiger partial charge in [0.2, 0.25) is 11.8 Å². The molecule has 0 fully saturated rings. The number of amides is 1. The Balaban J connectivity index is 1.88. The number of oxazole rings is 1. The molecule has 0 aliphatic rings. The lowest BCUT2D eigenvalue weighted by Gasteiger charge is -2.02. The molecule has 0 aliphatic carbocycles. The van der Waals surface area contributed by atoms with Crippen LogP contribution in [0.15, 0.2) is 46.9 Å². The highest BCUT2D eigenvalue weighted by Crippen LogP contribution is 2.28. The second-order valence-electron chi connectivity index (χ2n) is 4.94. The summed E-state index contributed by atoms with van der Waals surface area (Å²) in [6.45, 7) is 2.00. The Hall–Kier alpha value is -2.78. The first-order chi connectivity index (χ1) is 11.2. The quantitative estimate of drug-likeness (QED) is 0.735. The molecule has 23 heavy (non-hydrogen) atoms. The Morgan fingerprint density at radius 3 is 2.96 bits per heavy atom. The van der Waals surface area contributed by atoms with Gasteiger partial charge >= 0.3 is 0 Å². The third kappa shape index (κ3) is 3.35. The van der Waals surface area contributed by atoms with Crippen LogP contribution in [0.2, 0.25) is 0 Å². The number of thiocyanates is 1. The summed E-state index contributed by atoms with van der Waals surface area (Å²) < 4.78 is 5.79. The largest absolute Gasteiger partial charge is 0.436 e. The fraction of sp³-hybridized carbons (Fsp3) is 0.118. The number of anilines is 1. The first kappa shape index (κ1) is 15.1. The van der Waals surface area contributed by atoms with Crippen LogP contribution in [0.3, 0.4) is 0 Å². The highest BCUT2D eigenvalue weighted by Gasteiger charge is 2.11. The number of carbonyl (C=O) groups is 1. The number of nitrogens with zero attached hydrogens (tertiary/aromatic N) is 2. The molecule has 3 rings (SSSR count). The number of nitrogens with one attached hydrogen (secondary N) is 1. The standard InChI is InChI=1S/C17H13N3O2S/c1-11-4-2-3-5-13(11)17-20-14-8-12(6-7-15(14)22-17)19-16(21)9-23-10-18/h2-8H,9H2,1H3,(H,19,21). The highest BCUT2D eigenvalue weighted by molar-refractivity contribution is 8.04. The minimum absolute atomic E-state index is 0.0990. The molecule has 0 saturated carbocycles. The van der Waals surface area contributed by atoms with Crippen molar-refractivity contribution < 1.29 is 9.21 Å². The number of thioether (sulfide) groups is 1. The SMILES string of the molecule is Cc1ccccc1-c1nc2cc(NC(=O)CSC#N)ccc2o1. The second-order valence-corrected chi connectivity index (χ2v) is 5.70. The number of hydrogen-bond acceptors (Lipinski definition) is 5. The van der Waals surface area contributed by atoms with E-state index < -0.39 is 0 Å². The van der Waals surface area contributed by atoms with Gasteiger partial charge in [0, 0.05) is 11.3 Å². The maximum Gasteiger partial charge on any atom is 0.235 e. The maximum atomic E-state index is 11.7. The number of nitriles is 1. The molecule has 0 spiro atoms. The van der Waals surface area contributed by atoms with Crippen molar-refractivity contribution in [1.29, 1.82) is 5.26 Å². The maximum absolute atomic E-state index is 11.7. The van der Waals surface area contributed by atoms with E-state index in [-0.39, 0.29) is 11.7 Å². The van der Waals surface area contributed by atoms with Gasteiger partial charge in [0.25, 0.3) is 0 Å². The molecule has 1 heterocycles. The minimum Gasteiger partial charge on any atom is -0.436 e. The van der Waals surface area contributed by atoms with Gasteiger partial charge in [-0.25, -0.2) is 4.98 Å². The summed E-state index contributed by atoms with van der Waals surface area (Å²) in [6.07, 6.45) is 0. The molecule has 3 aromatic rings. The fourth-order valence-corrected chi connectivity index (χ4v) is 2.50. The molecule has 1 N–H and O–H groups in total. The third-order valence-electron chi connectivity index (χ3n) is 3.31. The summed E-state index contributed by atoms with van der Waals surface area (Å²) in [7, 11) is 0. The molecule has 0 radical (unpaired) electrons. The van der Waals surface area contributed by atoms with E-state index >= 15 is 0 Å². The van der Waals surface area contributed by atoms with Crippen LogP contribution in [-0.4, -0.2) is 16.6 Å². The lowest BCUT2D eigenvalue weighted by Crippen LogP contribution is -2.13. The van der Waals surface area contributed by atoms with Gasteiger partial charge < -0.3 is 9.73 Å². The van der Waals surface area contributed by atoms with E-state index in [2.05, 4.69) is 10.3 Å². The molecule has 0 unspecified atom stereocenters. The van der Waals surface area contributed by atoms with E-state index in [9.17, 15) is 4.79 Å². The summed E-state index contributed by atoms with van der Waals surface area (Å²) in [4.78, 5) is 16.2. The minimum atomic E-state index is -0.224. The zero-order valence-corrected chi connectivity index (χ0v) is 13.2. The van der Waals surface area contributed by atoms with Crippen LogP contribution < -0.4 is 5.32 Å². The van der Waals surface area contributed by atoms with Gasteiger partial charge in [0.1, 0.15) is 10.9 Å². The van der Waals surface area contributed by atoms with Crippen molar-refractivity contribution in [1.82, 2.24) is 4.98 Å². The van der Waals surface area contributed by atoms with E-state index in [1.165, 1.54) is 0 Å². The monoisotopic (exact) mass is 323 g/mol. The molecule has 0 saturated heterocycles. The van der Waals surface area contributed by atoms with Crippen molar-refractivity contribution in [2.24, 2.45) is 0 Å². The Morgan fingerprint density at radius 1 is 1.35 bits per heavy atom. The molecule has 5 nitrogen and oxygen atoms in total. The number of hydrogen-bond donors (Lipinski definition) is 1. The number of benzene rings is 2. The molecule has 6 heteroatoms. The van der Waals surface area contributed by atoms with Crippen molar-refractivity contribution in [3.63, 3.8) is 0 Å². The van der Waals surface area contributed by atoms with Crippen LogP contribution in [0.4, 0.5) is 5.69 Å². The zero-order valence-electron chi connectivity index (χ0n) is 12.4. The van der Waals surface area contributed by atoms with Crippen LogP contribution >= 0.6 is 11.8 Å². The van der Waals surface area contributed by atoms with Gasteiger partial charge in [-0.1, -0.05) is 18.2 Å². The van der Waals surface area contributed by atoms with Crippen molar-refractivity contribution in [2.75, 3.05) is 11.1 Å². The van der Waals surface area contributed by atoms with Gasteiger partial charge in [-0.15, -0.1) is 0 Å². The van der Waals surface area contributed by atoms with Crippen molar-refractivity contribution in [2.45, 2.75) is 6.92 Å². The van der Waals surface area contributed by atoms with E-state index in [0.717, 1.165) is 22.9 Å². The summed E-state index contributed by atoms with van der Waals surface area (Å²) in [5, 5.41) is 13.1. The normalized spacial score (nSPS) is 10.4. The summed E-state index contributed by atoms with van der Waals surface area (Å²) in [5.74, 6) is 0.432. The number of fused-ring (bicyclic) bond motifs is 1. The topological polar surface area (TPSA) is 78.9 Å². The van der Waals surface area contributed by atoms with E-state index in [4.69, 9.17) is 9.68 Å². The molecule has 114 valence electrons. The van der Waals surface area contributed by atoms with E-state index in [0.29, 0.717) is 22.7 Å². The number of carbonyl (C=O) groups excluding carboxylic acids is 1. The van der Waals surface area contributed by atoms with Gasteiger partial charge in [0.05, 0.1) is 5.75 Å². The first-order valence-electron chi connectivity index (χ1n) is 6.94. The first-order valence-corrected chi connectivity index (χ1v) is 7.93. The third-order valence-corrected chi connectivity index (χ3v) is 3.85. The molecule has 1 amide bonds. The summed E-state index contributed by atoms with van der Waals surface area (Å²) in [5.41, 5.74) is 3.99. The van der Waals surface area contributed by atoms with Crippen molar-refractivity contribution in [3.05, 3.63) is 48.0 Å². The predicted molar refractivity (Wildman–Crippen MR) is 90.9 cm³/mol. The van der Waals surface area contributed by atoms with Crippen LogP contribution in [0.5, 0.6) is 0 Å². The van der Waals surface area contributed by atoms with E-state index in [1.807, 2.05) is 36.6 Å². The van der Waals surface area contributed by atoms with Crippen molar-refractivity contribution in [3.8, 4) is 16.9 Å². The highest BCUT2D eigenvalue weighted by atomic mass is 32.2. The van der Waals surface area contributed by atoms with Gasteiger partial charge in [0.15, 0.2) is 5.58 Å². The lowest BCUT2D eigenvalue weighted by molar-refractivity contribution is -0.113.